The van der Waals surface area contributed by atoms with Gasteiger partial charge in [-0.2, -0.15) is 0 Å². The average molecular weight is 369 g/mol. The molecule has 1 heterocycles. The lowest BCUT2D eigenvalue weighted by molar-refractivity contribution is -0.870. The predicted octanol–water partition coefficient (Wildman–Crippen LogP) is 2.61. The van der Waals surface area contributed by atoms with Crippen molar-refractivity contribution in [1.29, 1.82) is 0 Å². The van der Waals surface area contributed by atoms with E-state index in [0.29, 0.717) is 0 Å². The number of fused-ring (bicyclic) bond motifs is 1. The fourth-order valence-electron chi connectivity index (χ4n) is 3.87. The third kappa shape index (κ3) is 3.44. The van der Waals surface area contributed by atoms with Crippen LogP contribution in [0, 0.1) is 0 Å². The Kier molecular flexibility index (Phi) is 4.76. The van der Waals surface area contributed by atoms with Gasteiger partial charge in [-0.1, -0.05) is 32.0 Å². The highest BCUT2D eigenvalue weighted by Crippen LogP contribution is 2.48. The normalized spacial score (nSPS) is 17.7. The first-order valence-corrected chi connectivity index (χ1v) is 9.46. The van der Waals surface area contributed by atoms with Crippen molar-refractivity contribution in [2.45, 2.75) is 32.1 Å². The van der Waals surface area contributed by atoms with Gasteiger partial charge >= 0.3 is 0 Å². The van der Waals surface area contributed by atoms with E-state index in [-0.39, 0.29) is 11.0 Å². The smallest absolute Gasteiger partial charge is 0.268 e. The summed E-state index contributed by atoms with van der Waals surface area (Å²) >= 11 is 0. The fourth-order valence-corrected chi connectivity index (χ4v) is 3.87. The molecule has 0 aliphatic carbocycles. The first kappa shape index (κ1) is 19.4. The number of aromatic hydroxyl groups is 1. The van der Waals surface area contributed by atoms with Gasteiger partial charge in [0.1, 0.15) is 0 Å². The molecule has 0 amide bonds. The monoisotopic (exact) mass is 369 g/mol. The Balaban J connectivity index is 1.94. The van der Waals surface area contributed by atoms with Crippen molar-refractivity contribution in [3.05, 3.63) is 61.5 Å². The van der Waals surface area contributed by atoms with E-state index < -0.39 is 16.6 Å². The summed E-state index contributed by atoms with van der Waals surface area (Å²) in [6, 6.07) is 8.25. The first-order chi connectivity index (χ1) is 12.5. The van der Waals surface area contributed by atoms with E-state index in [1.54, 1.807) is 6.08 Å². The first-order valence-electron chi connectivity index (χ1n) is 9.46. The van der Waals surface area contributed by atoms with Gasteiger partial charge in [0, 0.05) is 23.3 Å². The molecule has 0 atom stereocenters. The summed E-state index contributed by atoms with van der Waals surface area (Å²) in [6.07, 6.45) is 3.83. The maximum Gasteiger partial charge on any atom is 0.268 e. The quantitative estimate of drug-likeness (QED) is 0.483. The minimum atomic E-state index is -0.787. The number of hydrogen-bond donors (Lipinski definition) is 1. The molecule has 2 aromatic carbocycles. The minimum Gasteiger partial charge on any atom is -0.504 e. The third-order valence-electron chi connectivity index (χ3n) is 5.46. The lowest BCUT2D eigenvalue weighted by Crippen LogP contribution is -2.36. The van der Waals surface area contributed by atoms with Crippen LogP contribution in [0.1, 0.15) is 37.8 Å². The molecular weight excluding hydrogens is 340 g/mol. The molecule has 27 heavy (non-hydrogen) atoms. The van der Waals surface area contributed by atoms with Crippen molar-refractivity contribution in [2.75, 3.05) is 39.1 Å². The molecule has 5 nitrogen and oxygen atoms in total. The highest BCUT2D eigenvalue weighted by Gasteiger charge is 2.40. The Morgan fingerprint density at radius 2 is 1.74 bits per heavy atom. The third-order valence-corrected chi connectivity index (χ3v) is 5.46. The van der Waals surface area contributed by atoms with Gasteiger partial charge in [0.15, 0.2) is 5.75 Å². The van der Waals surface area contributed by atoms with Gasteiger partial charge < -0.3 is 14.5 Å². The van der Waals surface area contributed by atoms with Crippen LogP contribution in [0.4, 0.5) is 5.69 Å². The zero-order chi connectivity index (χ0) is 20.0. The molecule has 1 N–H and O–H groups in total. The second kappa shape index (κ2) is 6.64. The summed E-state index contributed by atoms with van der Waals surface area (Å²) < 4.78 is 0.933. The molecule has 0 unspecified atom stereocenters. The van der Waals surface area contributed by atoms with Crippen molar-refractivity contribution in [3.8, 4) is 5.75 Å². The minimum absolute atomic E-state index is 0.132. The standard InChI is InChI=1S/C22H28N2O3/c1-22(2)16-10-6-7-11-17(16)23(12-8-9-13-24(3,4)5)18(22)14-15-19(25)21(27)20(15)26/h6-7,10-11,14H,8-9,12-13H2,1-5H3/p+1/b18-14+. The molecule has 1 aliphatic heterocycles. The highest BCUT2D eigenvalue weighted by atomic mass is 16.3. The molecule has 3 rings (SSSR count). The topological polar surface area (TPSA) is 57.6 Å². The van der Waals surface area contributed by atoms with Gasteiger partial charge in [-0.15, -0.1) is 0 Å². The number of benzene rings is 1. The van der Waals surface area contributed by atoms with E-state index in [1.807, 2.05) is 12.1 Å². The van der Waals surface area contributed by atoms with Crippen LogP contribution in [0.15, 0.2) is 39.6 Å². The fraction of sp³-hybridized carbons (Fsp3) is 0.455. The largest absolute Gasteiger partial charge is 0.504 e. The molecule has 0 aromatic heterocycles. The Hall–Kier alpha value is -2.40. The number of nitrogens with zero attached hydrogens (tertiary/aromatic N) is 2. The SMILES string of the molecule is CC1(C)/C(=C\c2c(O)c(=O)c2=O)N(CCCC[N+](C)(C)C)c2ccccc21. The summed E-state index contributed by atoms with van der Waals surface area (Å²) in [7, 11) is 6.57. The molecule has 2 aromatic rings. The van der Waals surface area contributed by atoms with E-state index in [1.165, 1.54) is 5.56 Å². The van der Waals surface area contributed by atoms with Crippen molar-refractivity contribution >= 4 is 11.8 Å². The molecule has 0 saturated heterocycles. The summed E-state index contributed by atoms with van der Waals surface area (Å²) in [6.45, 7) is 6.16. The lowest BCUT2D eigenvalue weighted by atomic mass is 9.83. The Morgan fingerprint density at radius 3 is 2.37 bits per heavy atom. The molecule has 0 spiro atoms. The van der Waals surface area contributed by atoms with Crippen molar-refractivity contribution in [2.24, 2.45) is 0 Å². The zero-order valence-corrected chi connectivity index (χ0v) is 16.9. The van der Waals surface area contributed by atoms with Crippen LogP contribution in [-0.2, 0) is 5.41 Å². The van der Waals surface area contributed by atoms with Crippen LogP contribution < -0.4 is 15.8 Å². The van der Waals surface area contributed by atoms with Crippen LogP contribution in [-0.4, -0.2) is 43.8 Å². The Morgan fingerprint density at radius 1 is 1.07 bits per heavy atom. The van der Waals surface area contributed by atoms with Crippen LogP contribution in [0.25, 0.3) is 6.08 Å². The zero-order valence-electron chi connectivity index (χ0n) is 16.9. The second-order valence-electron chi connectivity index (χ2n) is 8.96. The lowest BCUT2D eigenvalue weighted by Gasteiger charge is -2.28. The number of unbranched alkanes of at least 4 members (excludes halogenated alkanes) is 1. The number of quaternary nitrogens is 1. The molecule has 0 radical (unpaired) electrons. The molecule has 5 heteroatoms. The van der Waals surface area contributed by atoms with E-state index in [0.717, 1.165) is 41.8 Å². The van der Waals surface area contributed by atoms with Gasteiger partial charge in [-0.3, -0.25) is 9.59 Å². The van der Waals surface area contributed by atoms with Gasteiger partial charge in [0.05, 0.1) is 33.3 Å². The summed E-state index contributed by atoms with van der Waals surface area (Å²) in [5.41, 5.74) is 1.73. The average Bonchev–Trinajstić information content (AvgIpc) is 2.82. The number of hydrogen-bond acceptors (Lipinski definition) is 4. The van der Waals surface area contributed by atoms with E-state index in [2.05, 4.69) is 52.0 Å². The summed E-state index contributed by atoms with van der Waals surface area (Å²) in [5.74, 6) is -0.413. The molecule has 144 valence electrons. The molecule has 0 bridgehead atoms. The molecule has 1 aliphatic rings. The van der Waals surface area contributed by atoms with Gasteiger partial charge in [-0.25, -0.2) is 0 Å². The number of allylic oxidation sites excluding steroid dienone is 1. The van der Waals surface area contributed by atoms with Gasteiger partial charge in [-0.05, 0) is 30.5 Å². The number of rotatable bonds is 6. The maximum atomic E-state index is 11.9. The maximum absolute atomic E-state index is 11.9. The van der Waals surface area contributed by atoms with Crippen LogP contribution in [0.2, 0.25) is 0 Å². The number of para-hydroxylation sites is 1. The Labute approximate surface area is 160 Å². The second-order valence-corrected chi connectivity index (χ2v) is 8.96. The summed E-state index contributed by atoms with van der Waals surface area (Å²) in [4.78, 5) is 25.5. The van der Waals surface area contributed by atoms with Crippen molar-refractivity contribution in [1.82, 2.24) is 0 Å². The van der Waals surface area contributed by atoms with Gasteiger partial charge in [0.25, 0.3) is 5.43 Å². The van der Waals surface area contributed by atoms with Crippen molar-refractivity contribution in [3.63, 3.8) is 0 Å². The Bertz CT molecular complexity index is 957. The van der Waals surface area contributed by atoms with Crippen LogP contribution in [0.3, 0.4) is 0 Å². The van der Waals surface area contributed by atoms with Crippen molar-refractivity contribution < 1.29 is 9.59 Å². The highest BCUT2D eigenvalue weighted by molar-refractivity contribution is 5.77. The number of anilines is 1. The van der Waals surface area contributed by atoms with Crippen LogP contribution >= 0.6 is 0 Å². The van der Waals surface area contributed by atoms with E-state index in [4.69, 9.17) is 0 Å². The molecular formula is C22H29N2O3+. The summed E-state index contributed by atoms with van der Waals surface area (Å²) in [5, 5.41) is 9.83. The molecule has 0 fully saturated rings. The van der Waals surface area contributed by atoms with Crippen LogP contribution in [0.5, 0.6) is 5.75 Å². The van der Waals surface area contributed by atoms with E-state index in [9.17, 15) is 14.7 Å². The van der Waals surface area contributed by atoms with E-state index >= 15 is 0 Å². The molecule has 0 saturated carbocycles. The van der Waals surface area contributed by atoms with Gasteiger partial charge in [0.2, 0.25) is 5.43 Å². The predicted molar refractivity (Wildman–Crippen MR) is 110 cm³/mol.